The van der Waals surface area contributed by atoms with Gasteiger partial charge in [0.2, 0.25) is 0 Å². The highest BCUT2D eigenvalue weighted by molar-refractivity contribution is 5.40. The van der Waals surface area contributed by atoms with E-state index in [1.54, 1.807) is 19.1 Å². The molecule has 1 aliphatic rings. The van der Waals surface area contributed by atoms with E-state index < -0.39 is 12.5 Å². The molecule has 17 heavy (non-hydrogen) atoms. The predicted molar refractivity (Wildman–Crippen MR) is 55.7 cm³/mol. The average Bonchev–Trinajstić information content (AvgIpc) is 2.95. The second-order valence-electron chi connectivity index (χ2n) is 4.33. The fourth-order valence-corrected chi connectivity index (χ4v) is 2.11. The van der Waals surface area contributed by atoms with Crippen molar-refractivity contribution in [3.05, 3.63) is 29.8 Å². The summed E-state index contributed by atoms with van der Waals surface area (Å²) in [5, 5.41) is 9.38. The molecular formula is C12H13F3O2. The monoisotopic (exact) mass is 246 g/mol. The molecule has 1 aliphatic carbocycles. The van der Waals surface area contributed by atoms with Gasteiger partial charge in [-0.25, -0.2) is 0 Å². The van der Waals surface area contributed by atoms with Crippen LogP contribution in [0.4, 0.5) is 13.2 Å². The molecule has 3 atom stereocenters. The van der Waals surface area contributed by atoms with Gasteiger partial charge < -0.3 is 9.84 Å². The van der Waals surface area contributed by atoms with Crippen LogP contribution in [0.2, 0.25) is 0 Å². The SMILES string of the molecule is C[C@H](O)[C@@H]1C[C@H]1c1ccccc1OC(F)(F)F. The van der Waals surface area contributed by atoms with E-state index in [1.807, 2.05) is 0 Å². The standard InChI is InChI=1S/C12H13F3O2/c1-7(16)9-6-10(9)8-4-2-3-5-11(8)17-12(13,14)15/h2-5,7,9-10,16H,6H2,1H3/t7-,9-,10-/m0/s1. The van der Waals surface area contributed by atoms with Crippen molar-refractivity contribution in [3.63, 3.8) is 0 Å². The first-order valence-corrected chi connectivity index (χ1v) is 5.41. The van der Waals surface area contributed by atoms with Gasteiger partial charge in [0, 0.05) is 0 Å². The van der Waals surface area contributed by atoms with Crippen LogP contribution in [0.15, 0.2) is 24.3 Å². The molecule has 0 aliphatic heterocycles. The third-order valence-corrected chi connectivity index (χ3v) is 3.00. The number of rotatable bonds is 3. The summed E-state index contributed by atoms with van der Waals surface area (Å²) in [6, 6.07) is 6.11. The van der Waals surface area contributed by atoms with Gasteiger partial charge in [-0.15, -0.1) is 13.2 Å². The van der Waals surface area contributed by atoms with Gasteiger partial charge in [0.05, 0.1) is 6.10 Å². The second-order valence-corrected chi connectivity index (χ2v) is 4.33. The lowest BCUT2D eigenvalue weighted by molar-refractivity contribution is -0.274. The Morgan fingerprint density at radius 1 is 1.35 bits per heavy atom. The topological polar surface area (TPSA) is 29.5 Å². The van der Waals surface area contributed by atoms with Gasteiger partial charge in [-0.1, -0.05) is 18.2 Å². The molecule has 1 aromatic rings. The van der Waals surface area contributed by atoms with Crippen molar-refractivity contribution in [3.8, 4) is 5.75 Å². The van der Waals surface area contributed by atoms with Crippen molar-refractivity contribution < 1.29 is 23.0 Å². The number of hydrogen-bond donors (Lipinski definition) is 1. The van der Waals surface area contributed by atoms with Crippen molar-refractivity contribution in [1.29, 1.82) is 0 Å². The molecule has 1 fully saturated rings. The maximum Gasteiger partial charge on any atom is 0.573 e. The number of aliphatic hydroxyl groups excluding tert-OH is 1. The van der Waals surface area contributed by atoms with Crippen LogP contribution in [-0.4, -0.2) is 17.6 Å². The van der Waals surface area contributed by atoms with Crippen LogP contribution in [0, 0.1) is 5.92 Å². The van der Waals surface area contributed by atoms with Crippen LogP contribution in [0.25, 0.3) is 0 Å². The summed E-state index contributed by atoms with van der Waals surface area (Å²) in [6.07, 6.45) is -4.47. The van der Waals surface area contributed by atoms with Crippen LogP contribution >= 0.6 is 0 Å². The van der Waals surface area contributed by atoms with E-state index in [0.717, 1.165) is 0 Å². The van der Waals surface area contributed by atoms with Crippen LogP contribution in [0.5, 0.6) is 5.75 Å². The quantitative estimate of drug-likeness (QED) is 0.888. The lowest BCUT2D eigenvalue weighted by Gasteiger charge is -2.13. The van der Waals surface area contributed by atoms with E-state index in [4.69, 9.17) is 0 Å². The summed E-state index contributed by atoms with van der Waals surface area (Å²) in [7, 11) is 0. The Labute approximate surface area is 97.0 Å². The van der Waals surface area contributed by atoms with Crippen molar-refractivity contribution in [1.82, 2.24) is 0 Å². The van der Waals surface area contributed by atoms with Gasteiger partial charge in [-0.05, 0) is 36.8 Å². The lowest BCUT2D eigenvalue weighted by Crippen LogP contribution is -2.18. The fourth-order valence-electron chi connectivity index (χ4n) is 2.11. The Bertz CT molecular complexity index is 401. The van der Waals surface area contributed by atoms with Gasteiger partial charge in [0.1, 0.15) is 5.75 Å². The maximum absolute atomic E-state index is 12.2. The van der Waals surface area contributed by atoms with E-state index in [-0.39, 0.29) is 17.6 Å². The molecule has 0 unspecified atom stereocenters. The Balaban J connectivity index is 2.18. The Hall–Kier alpha value is -1.23. The fraction of sp³-hybridized carbons (Fsp3) is 0.500. The third kappa shape index (κ3) is 2.91. The zero-order valence-electron chi connectivity index (χ0n) is 9.24. The first-order valence-electron chi connectivity index (χ1n) is 5.41. The van der Waals surface area contributed by atoms with Gasteiger partial charge >= 0.3 is 6.36 Å². The molecule has 0 radical (unpaired) electrons. The molecular weight excluding hydrogens is 233 g/mol. The van der Waals surface area contributed by atoms with Crippen LogP contribution in [0.3, 0.4) is 0 Å². The minimum Gasteiger partial charge on any atom is -0.405 e. The minimum atomic E-state index is -4.68. The summed E-state index contributed by atoms with van der Waals surface area (Å²) >= 11 is 0. The van der Waals surface area contributed by atoms with Crippen molar-refractivity contribution in [2.45, 2.75) is 31.7 Å². The number of halogens is 3. The summed E-state index contributed by atoms with van der Waals surface area (Å²) in [4.78, 5) is 0. The van der Waals surface area contributed by atoms with Gasteiger partial charge in [0.25, 0.3) is 0 Å². The van der Waals surface area contributed by atoms with Crippen molar-refractivity contribution in [2.24, 2.45) is 5.92 Å². The molecule has 0 saturated heterocycles. The van der Waals surface area contributed by atoms with Gasteiger partial charge in [-0.3, -0.25) is 0 Å². The summed E-state index contributed by atoms with van der Waals surface area (Å²) in [5.74, 6) is -0.158. The average molecular weight is 246 g/mol. The highest BCUT2D eigenvalue weighted by Crippen LogP contribution is 2.52. The molecule has 1 saturated carbocycles. The molecule has 1 N–H and O–H groups in total. The Kier molecular flexibility index (Phi) is 3.03. The molecule has 0 amide bonds. The Morgan fingerprint density at radius 3 is 2.53 bits per heavy atom. The number of hydrogen-bond acceptors (Lipinski definition) is 2. The number of alkyl halides is 3. The molecule has 2 rings (SSSR count). The first-order chi connectivity index (χ1) is 7.88. The molecule has 5 heteroatoms. The number of para-hydroxylation sites is 1. The molecule has 0 bridgehead atoms. The lowest BCUT2D eigenvalue weighted by atomic mass is 10.1. The van der Waals surface area contributed by atoms with E-state index in [0.29, 0.717) is 12.0 Å². The Morgan fingerprint density at radius 2 is 2.00 bits per heavy atom. The van der Waals surface area contributed by atoms with E-state index in [1.165, 1.54) is 12.1 Å². The number of ether oxygens (including phenoxy) is 1. The largest absolute Gasteiger partial charge is 0.573 e. The highest BCUT2D eigenvalue weighted by atomic mass is 19.4. The van der Waals surface area contributed by atoms with Gasteiger partial charge in [-0.2, -0.15) is 0 Å². The third-order valence-electron chi connectivity index (χ3n) is 3.00. The van der Waals surface area contributed by atoms with Crippen LogP contribution in [0.1, 0.15) is 24.8 Å². The van der Waals surface area contributed by atoms with Crippen LogP contribution in [-0.2, 0) is 0 Å². The van der Waals surface area contributed by atoms with Crippen molar-refractivity contribution >= 4 is 0 Å². The van der Waals surface area contributed by atoms with E-state index >= 15 is 0 Å². The minimum absolute atomic E-state index is 0.0338. The zero-order valence-corrected chi connectivity index (χ0v) is 9.24. The molecule has 0 spiro atoms. The first kappa shape index (κ1) is 12.2. The van der Waals surface area contributed by atoms with Crippen molar-refractivity contribution in [2.75, 3.05) is 0 Å². The zero-order chi connectivity index (χ0) is 12.6. The summed E-state index contributed by atoms with van der Waals surface area (Å²) in [5.41, 5.74) is 0.524. The maximum atomic E-state index is 12.2. The number of benzene rings is 1. The molecule has 1 aromatic carbocycles. The molecule has 94 valence electrons. The normalized spacial score (nSPS) is 25.5. The highest BCUT2D eigenvalue weighted by Gasteiger charge is 2.44. The van der Waals surface area contributed by atoms with E-state index in [9.17, 15) is 18.3 Å². The number of aliphatic hydroxyl groups is 1. The molecule has 0 aromatic heterocycles. The smallest absolute Gasteiger partial charge is 0.405 e. The summed E-state index contributed by atoms with van der Waals surface area (Å²) in [6.45, 7) is 1.65. The molecule has 0 heterocycles. The summed E-state index contributed by atoms with van der Waals surface area (Å²) < 4.78 is 40.5. The predicted octanol–water partition coefficient (Wildman–Crippen LogP) is 3.07. The van der Waals surface area contributed by atoms with E-state index in [2.05, 4.69) is 4.74 Å². The second kappa shape index (κ2) is 4.22. The van der Waals surface area contributed by atoms with Gasteiger partial charge in [0.15, 0.2) is 0 Å². The molecule has 2 nitrogen and oxygen atoms in total. The van der Waals surface area contributed by atoms with Crippen LogP contribution < -0.4 is 4.74 Å².